The van der Waals surface area contributed by atoms with Gasteiger partial charge in [0.05, 0.1) is 24.4 Å². The van der Waals surface area contributed by atoms with Crippen LogP contribution in [0.1, 0.15) is 55.5 Å². The number of hydrogen-bond acceptors (Lipinski definition) is 4. The second kappa shape index (κ2) is 7.85. The predicted octanol–water partition coefficient (Wildman–Crippen LogP) is 2.33. The third kappa shape index (κ3) is 4.60. The molecule has 1 aromatic rings. The maximum atomic E-state index is 12.5. The van der Waals surface area contributed by atoms with Crippen LogP contribution < -0.4 is 5.32 Å². The lowest BCUT2D eigenvalue weighted by Gasteiger charge is -2.35. The molecule has 5 nitrogen and oxygen atoms in total. The number of aliphatic hydroxyl groups is 1. The third-order valence-corrected chi connectivity index (χ3v) is 5.36. The van der Waals surface area contributed by atoms with Gasteiger partial charge in [0.25, 0.3) is 5.91 Å². The topological polar surface area (TPSA) is 61.8 Å². The Labute approximate surface area is 150 Å². The molecule has 2 N–H and O–H groups in total. The number of ether oxygens (including phenoxy) is 1. The lowest BCUT2D eigenvalue weighted by Crippen LogP contribution is -2.49. The fourth-order valence-corrected chi connectivity index (χ4v) is 4.12. The highest BCUT2D eigenvalue weighted by Crippen LogP contribution is 2.29. The van der Waals surface area contributed by atoms with Gasteiger partial charge in [0.1, 0.15) is 0 Å². The lowest BCUT2D eigenvalue weighted by atomic mass is 9.98. The normalized spacial score (nSPS) is 26.5. The number of aliphatic hydroxyl groups excluding tert-OH is 1. The van der Waals surface area contributed by atoms with Crippen molar-refractivity contribution in [2.24, 2.45) is 0 Å². The average Bonchev–Trinajstić information content (AvgIpc) is 3.03. The van der Waals surface area contributed by atoms with Crippen LogP contribution in [0.2, 0.25) is 0 Å². The van der Waals surface area contributed by atoms with Gasteiger partial charge in [-0.25, -0.2) is 0 Å². The van der Waals surface area contributed by atoms with Crippen molar-refractivity contribution in [3.8, 4) is 0 Å². The van der Waals surface area contributed by atoms with E-state index in [2.05, 4.69) is 24.1 Å². The molecule has 1 aliphatic carbocycles. The third-order valence-electron chi connectivity index (χ3n) is 5.36. The Morgan fingerprint density at radius 1 is 1.20 bits per heavy atom. The maximum absolute atomic E-state index is 12.5. The zero-order valence-corrected chi connectivity index (χ0v) is 15.3. The zero-order chi connectivity index (χ0) is 17.9. The summed E-state index contributed by atoms with van der Waals surface area (Å²) in [5.74, 6) is -0.0869. The minimum atomic E-state index is -0.421. The summed E-state index contributed by atoms with van der Waals surface area (Å²) in [4.78, 5) is 14.9. The van der Waals surface area contributed by atoms with Gasteiger partial charge in [-0.3, -0.25) is 9.69 Å². The Morgan fingerprint density at radius 3 is 2.36 bits per heavy atom. The minimum Gasteiger partial charge on any atom is -0.394 e. The SMILES string of the molecule is CC1CN(Cc2ccc(C(=O)NC3(CO)CCCC3)cc2)CC(C)O1. The molecule has 0 bridgehead atoms. The summed E-state index contributed by atoms with van der Waals surface area (Å²) in [6.07, 6.45) is 4.37. The van der Waals surface area contributed by atoms with E-state index in [0.29, 0.717) is 5.56 Å². The van der Waals surface area contributed by atoms with Crippen molar-refractivity contribution in [3.63, 3.8) is 0 Å². The molecule has 0 radical (unpaired) electrons. The molecule has 1 aromatic carbocycles. The van der Waals surface area contributed by atoms with Gasteiger partial charge in [-0.15, -0.1) is 0 Å². The molecule has 1 saturated heterocycles. The fraction of sp³-hybridized carbons (Fsp3) is 0.650. The van der Waals surface area contributed by atoms with Gasteiger partial charge in [-0.1, -0.05) is 25.0 Å². The molecule has 1 heterocycles. The quantitative estimate of drug-likeness (QED) is 0.859. The summed E-state index contributed by atoms with van der Waals surface area (Å²) in [6.45, 7) is 6.98. The molecule has 138 valence electrons. The van der Waals surface area contributed by atoms with E-state index in [0.717, 1.165) is 45.3 Å². The Bertz CT molecular complexity index is 571. The van der Waals surface area contributed by atoms with Crippen molar-refractivity contribution in [2.75, 3.05) is 19.7 Å². The van der Waals surface area contributed by atoms with Gasteiger partial charge >= 0.3 is 0 Å². The van der Waals surface area contributed by atoms with Crippen molar-refractivity contribution in [3.05, 3.63) is 35.4 Å². The highest BCUT2D eigenvalue weighted by atomic mass is 16.5. The molecule has 2 atom stereocenters. The van der Waals surface area contributed by atoms with Crippen molar-refractivity contribution in [1.29, 1.82) is 0 Å². The van der Waals surface area contributed by atoms with Crippen LogP contribution in [-0.4, -0.2) is 53.4 Å². The van der Waals surface area contributed by atoms with E-state index in [1.54, 1.807) is 0 Å². The van der Waals surface area contributed by atoms with Gasteiger partial charge < -0.3 is 15.2 Å². The summed E-state index contributed by atoms with van der Waals surface area (Å²) in [5, 5.41) is 12.7. The first kappa shape index (κ1) is 18.4. The number of carbonyl (C=O) groups is 1. The van der Waals surface area contributed by atoms with Gasteiger partial charge in [0, 0.05) is 25.2 Å². The monoisotopic (exact) mass is 346 g/mol. The summed E-state index contributed by atoms with van der Waals surface area (Å²) >= 11 is 0. The molecule has 2 fully saturated rings. The first-order chi connectivity index (χ1) is 12.0. The first-order valence-corrected chi connectivity index (χ1v) is 9.40. The Morgan fingerprint density at radius 2 is 1.80 bits per heavy atom. The molecule has 3 rings (SSSR count). The zero-order valence-electron chi connectivity index (χ0n) is 15.3. The Balaban J connectivity index is 1.59. The number of nitrogens with zero attached hydrogens (tertiary/aromatic N) is 1. The van der Waals surface area contributed by atoms with Gasteiger partial charge in [0.15, 0.2) is 0 Å². The van der Waals surface area contributed by atoms with Crippen molar-refractivity contribution >= 4 is 5.91 Å². The standard InChI is InChI=1S/C20H30N2O3/c1-15-11-22(12-16(2)25-15)13-17-5-7-18(8-6-17)19(24)21-20(14-23)9-3-4-10-20/h5-8,15-16,23H,3-4,9-14H2,1-2H3,(H,21,24). The van der Waals surface area contributed by atoms with E-state index in [1.807, 2.05) is 24.3 Å². The van der Waals surface area contributed by atoms with E-state index in [4.69, 9.17) is 4.74 Å². The second-order valence-electron chi connectivity index (χ2n) is 7.75. The van der Waals surface area contributed by atoms with E-state index in [9.17, 15) is 9.90 Å². The van der Waals surface area contributed by atoms with E-state index < -0.39 is 5.54 Å². The number of amides is 1. The van der Waals surface area contributed by atoms with E-state index in [1.165, 1.54) is 5.56 Å². The van der Waals surface area contributed by atoms with Crippen LogP contribution >= 0.6 is 0 Å². The molecule has 0 aromatic heterocycles. The molecule has 25 heavy (non-hydrogen) atoms. The number of nitrogens with one attached hydrogen (secondary N) is 1. The number of hydrogen-bond donors (Lipinski definition) is 2. The average molecular weight is 346 g/mol. The number of carbonyl (C=O) groups excluding carboxylic acids is 1. The van der Waals surface area contributed by atoms with Crippen LogP contribution in [0.25, 0.3) is 0 Å². The number of rotatable bonds is 5. The van der Waals surface area contributed by atoms with Crippen molar-refractivity contribution < 1.29 is 14.6 Å². The lowest BCUT2D eigenvalue weighted by molar-refractivity contribution is -0.0704. The predicted molar refractivity (Wildman–Crippen MR) is 97.5 cm³/mol. The summed E-state index contributed by atoms with van der Waals surface area (Å²) in [6, 6.07) is 7.83. The molecular formula is C20H30N2O3. The molecule has 1 amide bonds. The summed E-state index contributed by atoms with van der Waals surface area (Å²) in [5.41, 5.74) is 1.44. The van der Waals surface area contributed by atoms with Crippen LogP contribution in [0, 0.1) is 0 Å². The maximum Gasteiger partial charge on any atom is 0.251 e. The summed E-state index contributed by atoms with van der Waals surface area (Å²) in [7, 11) is 0. The highest BCUT2D eigenvalue weighted by Gasteiger charge is 2.34. The largest absolute Gasteiger partial charge is 0.394 e. The second-order valence-corrected chi connectivity index (χ2v) is 7.75. The fourth-order valence-electron chi connectivity index (χ4n) is 4.12. The van der Waals surface area contributed by atoms with Crippen LogP contribution in [0.4, 0.5) is 0 Å². The van der Waals surface area contributed by atoms with Crippen molar-refractivity contribution in [1.82, 2.24) is 10.2 Å². The molecule has 5 heteroatoms. The Kier molecular flexibility index (Phi) is 5.77. The summed E-state index contributed by atoms with van der Waals surface area (Å²) < 4.78 is 5.77. The molecule has 1 saturated carbocycles. The van der Waals surface area contributed by atoms with Crippen LogP contribution in [0.15, 0.2) is 24.3 Å². The molecule has 2 unspecified atom stereocenters. The van der Waals surface area contributed by atoms with E-state index in [-0.39, 0.29) is 24.7 Å². The van der Waals surface area contributed by atoms with Crippen LogP contribution in [0.3, 0.4) is 0 Å². The van der Waals surface area contributed by atoms with Crippen molar-refractivity contribution in [2.45, 2.75) is 63.8 Å². The molecule has 1 aliphatic heterocycles. The first-order valence-electron chi connectivity index (χ1n) is 9.40. The van der Waals surface area contributed by atoms with Gasteiger partial charge in [-0.2, -0.15) is 0 Å². The van der Waals surface area contributed by atoms with E-state index >= 15 is 0 Å². The molecular weight excluding hydrogens is 316 g/mol. The van der Waals surface area contributed by atoms with Crippen LogP contribution in [0.5, 0.6) is 0 Å². The highest BCUT2D eigenvalue weighted by molar-refractivity contribution is 5.94. The smallest absolute Gasteiger partial charge is 0.251 e. The van der Waals surface area contributed by atoms with Gasteiger partial charge in [-0.05, 0) is 44.4 Å². The molecule has 2 aliphatic rings. The Hall–Kier alpha value is -1.43. The van der Waals surface area contributed by atoms with Crippen LogP contribution in [-0.2, 0) is 11.3 Å². The van der Waals surface area contributed by atoms with Gasteiger partial charge in [0.2, 0.25) is 0 Å². The molecule has 0 spiro atoms. The number of benzene rings is 1. The minimum absolute atomic E-state index is 0.0181. The number of morpholine rings is 1.